The quantitative estimate of drug-likeness (QED) is 0.813. The number of carbonyl (C=O) groups excluding carboxylic acids is 2. The number of anilines is 1. The summed E-state index contributed by atoms with van der Waals surface area (Å²) in [6.07, 6.45) is 4.49. The second kappa shape index (κ2) is 7.79. The highest BCUT2D eigenvalue weighted by Gasteiger charge is 2.38. The Labute approximate surface area is 146 Å². The monoisotopic (exact) mass is 339 g/mol. The normalized spacial score (nSPS) is 18.3. The van der Waals surface area contributed by atoms with E-state index in [1.165, 1.54) is 0 Å². The molecule has 0 radical (unpaired) electrons. The zero-order valence-corrected chi connectivity index (χ0v) is 14.1. The van der Waals surface area contributed by atoms with E-state index in [0.29, 0.717) is 29.6 Å². The Morgan fingerprint density at radius 2 is 1.96 bits per heavy atom. The molecule has 3 rings (SSSR count). The molecule has 0 aliphatic heterocycles. The van der Waals surface area contributed by atoms with Crippen LogP contribution in [0.25, 0.3) is 0 Å². The lowest BCUT2D eigenvalue weighted by Gasteiger charge is -2.09. The van der Waals surface area contributed by atoms with E-state index < -0.39 is 0 Å². The molecule has 0 saturated heterocycles. The van der Waals surface area contributed by atoms with Crippen LogP contribution in [0, 0.1) is 11.8 Å². The minimum Gasteiger partial charge on any atom is -0.457 e. The van der Waals surface area contributed by atoms with Crippen molar-refractivity contribution in [1.29, 1.82) is 0 Å². The van der Waals surface area contributed by atoms with Gasteiger partial charge < -0.3 is 15.4 Å². The number of nitrogens with one attached hydrogen (secondary N) is 2. The summed E-state index contributed by atoms with van der Waals surface area (Å²) < 4.78 is 5.71. The molecule has 1 aliphatic carbocycles. The summed E-state index contributed by atoms with van der Waals surface area (Å²) in [4.78, 5) is 27.6. The molecule has 0 unspecified atom stereocenters. The fourth-order valence-electron chi connectivity index (χ4n) is 2.52. The SMILES string of the molecule is C[C@H]1C[C@H]1C(=O)NCCC(=O)Nc1cccc(Oc2ccncc2)c1. The standard InChI is InChI=1S/C19H21N3O3/c1-13-11-17(13)19(24)21-10-7-18(23)22-14-3-2-4-16(12-14)25-15-5-8-20-9-6-15/h2-6,8-9,12-13,17H,7,10-11H2,1H3,(H,21,24)(H,22,23)/t13-,17+/m0/s1. The largest absolute Gasteiger partial charge is 0.457 e. The lowest BCUT2D eigenvalue weighted by molar-refractivity contribution is -0.122. The number of rotatable bonds is 7. The van der Waals surface area contributed by atoms with Gasteiger partial charge in [-0.2, -0.15) is 0 Å². The van der Waals surface area contributed by atoms with Crippen LogP contribution in [0.4, 0.5) is 5.69 Å². The molecule has 1 saturated carbocycles. The van der Waals surface area contributed by atoms with E-state index in [-0.39, 0.29) is 24.2 Å². The molecule has 25 heavy (non-hydrogen) atoms. The highest BCUT2D eigenvalue weighted by Crippen LogP contribution is 2.37. The van der Waals surface area contributed by atoms with Crippen molar-refractivity contribution in [3.8, 4) is 11.5 Å². The van der Waals surface area contributed by atoms with Crippen LogP contribution in [0.2, 0.25) is 0 Å². The van der Waals surface area contributed by atoms with Crippen molar-refractivity contribution in [2.75, 3.05) is 11.9 Å². The van der Waals surface area contributed by atoms with E-state index in [4.69, 9.17) is 4.74 Å². The number of amides is 2. The van der Waals surface area contributed by atoms with Crippen LogP contribution >= 0.6 is 0 Å². The number of ether oxygens (including phenoxy) is 1. The minimum atomic E-state index is -0.148. The Hall–Kier alpha value is -2.89. The summed E-state index contributed by atoms with van der Waals surface area (Å²) >= 11 is 0. The number of carbonyl (C=O) groups is 2. The molecule has 2 N–H and O–H groups in total. The molecule has 2 aromatic rings. The average Bonchev–Trinajstić information content (AvgIpc) is 3.33. The van der Waals surface area contributed by atoms with Crippen LogP contribution in [0.3, 0.4) is 0 Å². The fourth-order valence-corrected chi connectivity index (χ4v) is 2.52. The fraction of sp³-hybridized carbons (Fsp3) is 0.316. The van der Waals surface area contributed by atoms with Gasteiger partial charge in [-0.25, -0.2) is 0 Å². The van der Waals surface area contributed by atoms with Gasteiger partial charge in [0, 0.05) is 43.0 Å². The van der Waals surface area contributed by atoms with E-state index >= 15 is 0 Å². The van der Waals surface area contributed by atoms with Crippen LogP contribution < -0.4 is 15.4 Å². The van der Waals surface area contributed by atoms with Gasteiger partial charge in [0.25, 0.3) is 0 Å². The number of benzene rings is 1. The molecule has 1 heterocycles. The molecule has 2 atom stereocenters. The van der Waals surface area contributed by atoms with Gasteiger partial charge in [-0.15, -0.1) is 0 Å². The summed E-state index contributed by atoms with van der Waals surface area (Å²) in [6.45, 7) is 2.40. The van der Waals surface area contributed by atoms with E-state index in [1.54, 1.807) is 36.7 Å². The van der Waals surface area contributed by atoms with E-state index in [1.807, 2.05) is 12.1 Å². The Kier molecular flexibility index (Phi) is 5.28. The van der Waals surface area contributed by atoms with Crippen molar-refractivity contribution in [3.05, 3.63) is 48.8 Å². The molecule has 6 nitrogen and oxygen atoms in total. The van der Waals surface area contributed by atoms with E-state index in [0.717, 1.165) is 6.42 Å². The molecule has 1 aromatic heterocycles. The van der Waals surface area contributed by atoms with Crippen LogP contribution in [-0.2, 0) is 9.59 Å². The molecular weight excluding hydrogens is 318 g/mol. The van der Waals surface area contributed by atoms with Gasteiger partial charge >= 0.3 is 0 Å². The van der Waals surface area contributed by atoms with Gasteiger partial charge in [-0.3, -0.25) is 14.6 Å². The number of nitrogens with zero attached hydrogens (tertiary/aromatic N) is 1. The molecule has 0 bridgehead atoms. The summed E-state index contributed by atoms with van der Waals surface area (Å²) in [5.74, 6) is 1.80. The van der Waals surface area contributed by atoms with Crippen molar-refractivity contribution in [1.82, 2.24) is 10.3 Å². The van der Waals surface area contributed by atoms with Crippen molar-refractivity contribution in [3.63, 3.8) is 0 Å². The van der Waals surface area contributed by atoms with Crippen molar-refractivity contribution < 1.29 is 14.3 Å². The molecule has 1 aromatic carbocycles. The predicted molar refractivity (Wildman–Crippen MR) is 94.3 cm³/mol. The third kappa shape index (κ3) is 5.04. The Bertz CT molecular complexity index is 749. The summed E-state index contributed by atoms with van der Waals surface area (Å²) in [6, 6.07) is 10.7. The lowest BCUT2D eigenvalue weighted by Crippen LogP contribution is -2.29. The summed E-state index contributed by atoms with van der Waals surface area (Å²) in [5.41, 5.74) is 0.652. The molecule has 0 spiro atoms. The number of pyridine rings is 1. The lowest BCUT2D eigenvalue weighted by atomic mass is 10.2. The van der Waals surface area contributed by atoms with Crippen molar-refractivity contribution in [2.24, 2.45) is 11.8 Å². The third-order valence-electron chi connectivity index (χ3n) is 4.10. The van der Waals surface area contributed by atoms with Gasteiger partial charge in [0.2, 0.25) is 11.8 Å². The highest BCUT2D eigenvalue weighted by atomic mass is 16.5. The zero-order chi connectivity index (χ0) is 17.6. The van der Waals surface area contributed by atoms with E-state index in [9.17, 15) is 9.59 Å². The van der Waals surface area contributed by atoms with Crippen molar-refractivity contribution in [2.45, 2.75) is 19.8 Å². The van der Waals surface area contributed by atoms with Gasteiger partial charge in [-0.05, 0) is 36.6 Å². The van der Waals surface area contributed by atoms with Gasteiger partial charge in [0.05, 0.1) is 0 Å². The van der Waals surface area contributed by atoms with Crippen LogP contribution in [-0.4, -0.2) is 23.3 Å². The topological polar surface area (TPSA) is 80.3 Å². The summed E-state index contributed by atoms with van der Waals surface area (Å²) in [5, 5.41) is 5.62. The number of hydrogen-bond acceptors (Lipinski definition) is 4. The maximum atomic E-state index is 12.0. The van der Waals surface area contributed by atoms with Crippen molar-refractivity contribution >= 4 is 17.5 Å². The maximum absolute atomic E-state index is 12.0. The Morgan fingerprint density at radius 1 is 1.20 bits per heavy atom. The first kappa shape index (κ1) is 17.0. The maximum Gasteiger partial charge on any atom is 0.226 e. The molecule has 6 heteroatoms. The molecule has 1 aliphatic rings. The predicted octanol–water partition coefficient (Wildman–Crippen LogP) is 2.97. The first-order valence-electron chi connectivity index (χ1n) is 8.37. The van der Waals surface area contributed by atoms with Crippen LogP contribution in [0.5, 0.6) is 11.5 Å². The average molecular weight is 339 g/mol. The molecule has 130 valence electrons. The number of aromatic nitrogens is 1. The molecule has 2 amide bonds. The van der Waals surface area contributed by atoms with Gasteiger partial charge in [-0.1, -0.05) is 13.0 Å². The van der Waals surface area contributed by atoms with Gasteiger partial charge in [0.1, 0.15) is 11.5 Å². The highest BCUT2D eigenvalue weighted by molar-refractivity contribution is 5.91. The van der Waals surface area contributed by atoms with Crippen LogP contribution in [0.15, 0.2) is 48.8 Å². The smallest absolute Gasteiger partial charge is 0.226 e. The zero-order valence-electron chi connectivity index (χ0n) is 14.1. The molecule has 1 fully saturated rings. The first-order valence-corrected chi connectivity index (χ1v) is 8.37. The Morgan fingerprint density at radius 3 is 2.68 bits per heavy atom. The van der Waals surface area contributed by atoms with Crippen LogP contribution in [0.1, 0.15) is 19.8 Å². The second-order valence-electron chi connectivity index (χ2n) is 6.22. The Balaban J connectivity index is 1.46. The minimum absolute atomic E-state index is 0.0491. The third-order valence-corrected chi connectivity index (χ3v) is 4.10. The molecular formula is C19H21N3O3. The summed E-state index contributed by atoms with van der Waals surface area (Å²) in [7, 11) is 0. The number of hydrogen-bond donors (Lipinski definition) is 2. The second-order valence-corrected chi connectivity index (χ2v) is 6.22. The van der Waals surface area contributed by atoms with Gasteiger partial charge in [0.15, 0.2) is 0 Å². The van der Waals surface area contributed by atoms with E-state index in [2.05, 4.69) is 22.5 Å². The first-order chi connectivity index (χ1) is 12.1.